The van der Waals surface area contributed by atoms with Gasteiger partial charge in [-0.05, 0) is 25.7 Å². The van der Waals surface area contributed by atoms with Gasteiger partial charge in [0.15, 0.2) is 0 Å². The molecule has 1 heterocycles. The molecule has 1 saturated carbocycles. The molecule has 0 bridgehead atoms. The zero-order valence-corrected chi connectivity index (χ0v) is 10.3. The Kier molecular flexibility index (Phi) is 3.47. The first-order valence-corrected chi connectivity index (χ1v) is 5.87. The van der Waals surface area contributed by atoms with Crippen LogP contribution in [0.1, 0.15) is 28.9 Å². The molecule has 94 valence electrons. The van der Waals surface area contributed by atoms with E-state index in [0.717, 1.165) is 6.54 Å². The number of aromatic carboxylic acids is 1. The van der Waals surface area contributed by atoms with Crippen LogP contribution in [0.2, 0.25) is 0 Å². The van der Waals surface area contributed by atoms with Crippen molar-refractivity contribution in [3.8, 4) is 12.3 Å². The third-order valence-electron chi connectivity index (χ3n) is 2.94. The standard InChI is InChI=1S/C13H15N3O2/c1-3-6-16(8-10-4-5-10)13-14-7-11(12(17)18)9(2)15-13/h1,7,10H,4-6,8H2,2H3,(H,17,18). The monoisotopic (exact) mass is 245 g/mol. The van der Waals surface area contributed by atoms with Crippen molar-refractivity contribution < 1.29 is 9.90 Å². The van der Waals surface area contributed by atoms with Crippen molar-refractivity contribution >= 4 is 11.9 Å². The van der Waals surface area contributed by atoms with Crippen molar-refractivity contribution in [3.05, 3.63) is 17.5 Å². The number of anilines is 1. The van der Waals surface area contributed by atoms with Gasteiger partial charge in [-0.25, -0.2) is 14.8 Å². The van der Waals surface area contributed by atoms with Crippen LogP contribution in [0.3, 0.4) is 0 Å². The van der Waals surface area contributed by atoms with Crippen LogP contribution in [0, 0.1) is 25.2 Å². The fourth-order valence-electron chi connectivity index (χ4n) is 1.76. The molecule has 0 atom stereocenters. The number of carboxylic acid groups (broad SMARTS) is 1. The summed E-state index contributed by atoms with van der Waals surface area (Å²) >= 11 is 0. The number of carbonyl (C=O) groups is 1. The Balaban J connectivity index is 2.21. The van der Waals surface area contributed by atoms with Gasteiger partial charge in [-0.15, -0.1) is 6.42 Å². The topological polar surface area (TPSA) is 66.3 Å². The van der Waals surface area contributed by atoms with Crippen LogP contribution in [-0.4, -0.2) is 34.1 Å². The maximum absolute atomic E-state index is 10.9. The van der Waals surface area contributed by atoms with Crippen LogP contribution in [0.4, 0.5) is 5.95 Å². The molecular formula is C13H15N3O2. The quantitative estimate of drug-likeness (QED) is 0.793. The van der Waals surface area contributed by atoms with Crippen LogP contribution >= 0.6 is 0 Å². The van der Waals surface area contributed by atoms with Crippen molar-refractivity contribution in [3.63, 3.8) is 0 Å². The summed E-state index contributed by atoms with van der Waals surface area (Å²) in [5.41, 5.74) is 0.594. The lowest BCUT2D eigenvalue weighted by atomic mass is 10.2. The van der Waals surface area contributed by atoms with Crippen LogP contribution in [-0.2, 0) is 0 Å². The van der Waals surface area contributed by atoms with Gasteiger partial charge in [0.1, 0.15) is 0 Å². The summed E-state index contributed by atoms with van der Waals surface area (Å²) in [5, 5.41) is 8.93. The first kappa shape index (κ1) is 12.4. The van der Waals surface area contributed by atoms with Gasteiger partial charge < -0.3 is 10.0 Å². The van der Waals surface area contributed by atoms with E-state index < -0.39 is 5.97 Å². The summed E-state index contributed by atoms with van der Waals surface area (Å²) in [6.45, 7) is 2.96. The summed E-state index contributed by atoms with van der Waals surface area (Å²) < 4.78 is 0. The largest absolute Gasteiger partial charge is 0.478 e. The normalized spacial score (nSPS) is 14.0. The Morgan fingerprint density at radius 3 is 2.89 bits per heavy atom. The molecule has 1 aliphatic carbocycles. The van der Waals surface area contributed by atoms with Gasteiger partial charge in [-0.1, -0.05) is 5.92 Å². The minimum Gasteiger partial charge on any atom is -0.478 e. The molecule has 1 N–H and O–H groups in total. The predicted octanol–water partition coefficient (Wildman–Crippen LogP) is 1.33. The summed E-state index contributed by atoms with van der Waals surface area (Å²) in [6, 6.07) is 0. The summed E-state index contributed by atoms with van der Waals surface area (Å²) in [6.07, 6.45) is 9.11. The fraction of sp³-hybridized carbons (Fsp3) is 0.462. The first-order chi connectivity index (χ1) is 8.61. The minimum absolute atomic E-state index is 0.130. The second-order valence-electron chi connectivity index (χ2n) is 4.50. The van der Waals surface area contributed by atoms with Gasteiger partial charge >= 0.3 is 5.97 Å². The molecule has 18 heavy (non-hydrogen) atoms. The maximum Gasteiger partial charge on any atom is 0.339 e. The number of nitrogens with zero attached hydrogens (tertiary/aromatic N) is 3. The predicted molar refractivity (Wildman–Crippen MR) is 67.5 cm³/mol. The van der Waals surface area contributed by atoms with Crippen molar-refractivity contribution in [2.45, 2.75) is 19.8 Å². The second-order valence-corrected chi connectivity index (χ2v) is 4.50. The number of carboxylic acids is 1. The van der Waals surface area contributed by atoms with E-state index in [-0.39, 0.29) is 5.56 Å². The molecule has 1 aliphatic rings. The summed E-state index contributed by atoms with van der Waals surface area (Å²) in [4.78, 5) is 21.1. The number of hydrogen-bond donors (Lipinski definition) is 1. The van der Waals surface area contributed by atoms with Crippen LogP contribution < -0.4 is 4.90 Å². The summed E-state index contributed by atoms with van der Waals surface area (Å²) in [7, 11) is 0. The van der Waals surface area contributed by atoms with Crippen LogP contribution in [0.25, 0.3) is 0 Å². The number of hydrogen-bond acceptors (Lipinski definition) is 4. The van der Waals surface area contributed by atoms with Gasteiger partial charge in [0.25, 0.3) is 0 Å². The molecular weight excluding hydrogens is 230 g/mol. The fourth-order valence-corrected chi connectivity index (χ4v) is 1.76. The van der Waals surface area contributed by atoms with E-state index in [4.69, 9.17) is 11.5 Å². The molecule has 1 aromatic rings. The molecule has 1 fully saturated rings. The van der Waals surface area contributed by atoms with Crippen LogP contribution in [0.5, 0.6) is 0 Å². The van der Waals surface area contributed by atoms with Crippen molar-refractivity contribution in [1.29, 1.82) is 0 Å². The molecule has 0 radical (unpaired) electrons. The molecule has 2 rings (SSSR count). The highest BCUT2D eigenvalue weighted by Gasteiger charge is 2.25. The van der Waals surface area contributed by atoms with Crippen molar-refractivity contribution in [2.75, 3.05) is 18.0 Å². The third-order valence-corrected chi connectivity index (χ3v) is 2.94. The molecule has 5 nitrogen and oxygen atoms in total. The molecule has 0 saturated heterocycles. The average Bonchev–Trinajstić information content (AvgIpc) is 3.11. The highest BCUT2D eigenvalue weighted by atomic mass is 16.4. The molecule has 0 aliphatic heterocycles. The van der Waals surface area contributed by atoms with Gasteiger partial charge in [-0.3, -0.25) is 0 Å². The molecule has 1 aromatic heterocycles. The van der Waals surface area contributed by atoms with E-state index in [1.807, 2.05) is 4.90 Å². The van der Waals surface area contributed by atoms with E-state index in [9.17, 15) is 4.79 Å². The number of aromatic nitrogens is 2. The molecule has 0 unspecified atom stereocenters. The molecule has 0 aromatic carbocycles. The lowest BCUT2D eigenvalue weighted by Gasteiger charge is -2.20. The third kappa shape index (κ3) is 2.77. The smallest absolute Gasteiger partial charge is 0.339 e. The Bertz CT molecular complexity index is 503. The van der Waals surface area contributed by atoms with Crippen LogP contribution in [0.15, 0.2) is 6.20 Å². The number of rotatable bonds is 5. The van der Waals surface area contributed by atoms with Gasteiger partial charge in [0.2, 0.25) is 5.95 Å². The average molecular weight is 245 g/mol. The van der Waals surface area contributed by atoms with Gasteiger partial charge in [-0.2, -0.15) is 0 Å². The Morgan fingerprint density at radius 2 is 2.39 bits per heavy atom. The zero-order chi connectivity index (χ0) is 13.1. The highest BCUT2D eigenvalue weighted by Crippen LogP contribution is 2.30. The molecule has 0 amide bonds. The highest BCUT2D eigenvalue weighted by molar-refractivity contribution is 5.88. The molecule has 0 spiro atoms. The van der Waals surface area contributed by atoms with Gasteiger partial charge in [0.05, 0.1) is 17.8 Å². The Hall–Kier alpha value is -2.09. The van der Waals surface area contributed by atoms with Crippen molar-refractivity contribution in [2.24, 2.45) is 5.92 Å². The van der Waals surface area contributed by atoms with E-state index in [0.29, 0.717) is 24.1 Å². The van der Waals surface area contributed by atoms with Gasteiger partial charge in [0, 0.05) is 12.7 Å². The van der Waals surface area contributed by atoms with E-state index in [1.165, 1.54) is 19.0 Å². The Morgan fingerprint density at radius 1 is 1.67 bits per heavy atom. The van der Waals surface area contributed by atoms with E-state index in [1.54, 1.807) is 6.92 Å². The lowest BCUT2D eigenvalue weighted by molar-refractivity contribution is 0.0695. The Labute approximate surface area is 106 Å². The number of terminal acetylenes is 1. The lowest BCUT2D eigenvalue weighted by Crippen LogP contribution is -2.28. The SMILES string of the molecule is C#CCN(CC1CC1)c1ncc(C(=O)O)c(C)n1. The van der Waals surface area contributed by atoms with E-state index in [2.05, 4.69) is 15.9 Å². The summed E-state index contributed by atoms with van der Waals surface area (Å²) in [5.74, 6) is 2.76. The van der Waals surface area contributed by atoms with Crippen molar-refractivity contribution in [1.82, 2.24) is 9.97 Å². The maximum atomic E-state index is 10.9. The minimum atomic E-state index is -1.01. The van der Waals surface area contributed by atoms with E-state index >= 15 is 0 Å². The number of aryl methyl sites for hydroxylation is 1. The zero-order valence-electron chi connectivity index (χ0n) is 10.3. The first-order valence-electron chi connectivity index (χ1n) is 5.87. The molecule has 5 heteroatoms. The second kappa shape index (κ2) is 5.05.